The molecule has 5 aromatic rings. The molecule has 0 bridgehead atoms. The Morgan fingerprint density at radius 1 is 0.725 bits per heavy atom. The van der Waals surface area contributed by atoms with Gasteiger partial charge in [0.1, 0.15) is 45.5 Å². The number of nitrogens with zero attached hydrogens (tertiary/aromatic N) is 4. The zero-order chi connectivity index (χ0) is 27.6. The van der Waals surface area contributed by atoms with Crippen LogP contribution in [0.2, 0.25) is 0 Å². The van der Waals surface area contributed by atoms with Gasteiger partial charge < -0.3 is 18.9 Å². The molecule has 204 valence electrons. The molecule has 0 spiro atoms. The number of benzene rings is 3. The van der Waals surface area contributed by atoms with E-state index in [-0.39, 0.29) is 6.61 Å². The summed E-state index contributed by atoms with van der Waals surface area (Å²) in [6.45, 7) is 6.41. The van der Waals surface area contributed by atoms with Crippen molar-refractivity contribution in [1.29, 1.82) is 0 Å². The summed E-state index contributed by atoms with van der Waals surface area (Å²) < 4.78 is 28.8. The van der Waals surface area contributed by atoms with E-state index in [0.717, 1.165) is 32.1 Å². The van der Waals surface area contributed by atoms with Crippen molar-refractivity contribution in [3.8, 4) is 17.2 Å². The molecule has 2 aromatic heterocycles. The van der Waals surface area contributed by atoms with E-state index in [9.17, 15) is 0 Å². The van der Waals surface area contributed by atoms with Crippen molar-refractivity contribution in [1.82, 2.24) is 19.5 Å². The van der Waals surface area contributed by atoms with E-state index in [2.05, 4.69) is 37.5 Å². The van der Waals surface area contributed by atoms with Gasteiger partial charge in [0.2, 0.25) is 0 Å². The number of rotatable bonds is 8. The van der Waals surface area contributed by atoms with E-state index in [1.54, 1.807) is 6.33 Å². The molecular weight excluding hydrogens is 619 g/mol. The highest BCUT2D eigenvalue weighted by atomic mass is 127. The number of hydrogen-bond donors (Lipinski definition) is 0. The molecule has 3 aromatic carbocycles. The van der Waals surface area contributed by atoms with Gasteiger partial charge >= 0.3 is 0 Å². The monoisotopic (exact) mass is 648 g/mol. The van der Waals surface area contributed by atoms with Crippen LogP contribution in [0.25, 0.3) is 11.2 Å². The average molecular weight is 649 g/mol. The zero-order valence-electron chi connectivity index (χ0n) is 22.4. The predicted molar refractivity (Wildman–Crippen MR) is 160 cm³/mol. The van der Waals surface area contributed by atoms with Crippen LogP contribution >= 0.6 is 22.6 Å². The minimum absolute atomic E-state index is 0.267. The van der Waals surface area contributed by atoms with Crippen LogP contribution in [0, 0.1) is 24.5 Å². The normalized spacial score (nSPS) is 20.5. The highest BCUT2D eigenvalue weighted by Gasteiger charge is 2.50. The van der Waals surface area contributed by atoms with Crippen molar-refractivity contribution >= 4 is 33.8 Å². The molecular formula is C31H29IN4O4. The van der Waals surface area contributed by atoms with Crippen LogP contribution < -0.4 is 14.2 Å². The lowest BCUT2D eigenvalue weighted by Gasteiger charge is -2.26. The topological polar surface area (TPSA) is 80.5 Å². The van der Waals surface area contributed by atoms with Crippen LogP contribution in [0.4, 0.5) is 0 Å². The second kappa shape index (κ2) is 11.4. The van der Waals surface area contributed by atoms with Crippen LogP contribution in [-0.2, 0) is 4.74 Å². The fraction of sp³-hybridized carbons (Fsp3) is 0.258. The lowest BCUT2D eigenvalue weighted by atomic mass is 10.1. The molecule has 1 saturated heterocycles. The smallest absolute Gasteiger partial charge is 0.183 e. The summed E-state index contributed by atoms with van der Waals surface area (Å²) in [5, 5.41) is 0. The van der Waals surface area contributed by atoms with Crippen LogP contribution in [0.15, 0.2) is 85.5 Å². The van der Waals surface area contributed by atoms with E-state index in [1.807, 2.05) is 98.1 Å². The molecule has 4 atom stereocenters. The Hall–Kier alpha value is -3.70. The number of fused-ring (bicyclic) bond motifs is 1. The summed E-state index contributed by atoms with van der Waals surface area (Å²) in [5.41, 5.74) is 4.83. The van der Waals surface area contributed by atoms with Gasteiger partial charge in [-0.25, -0.2) is 15.0 Å². The standard InChI is InChI=1S/C31H29IN4O4/c1-19-4-10-22(11-5-19)37-16-25-27(38-23-12-6-20(2)7-13-23)28(39-24-14-8-21(3)9-15-24)31(40-25)36-18-35-26-29(32)33-17-34-30(26)36/h4-15,17-18,25,27-28,31H,16H2,1-3H3/t25-,27-,28-,31-/m1/s1. The molecule has 0 saturated carbocycles. The SMILES string of the molecule is Cc1ccc(OC[C@H]2O[C@@H](n3cnc4c(I)ncnc43)[C@H](Oc3ccc(C)cc3)[C@@H]2Oc2ccc(C)cc2)cc1. The molecule has 40 heavy (non-hydrogen) atoms. The van der Waals surface area contributed by atoms with Crippen LogP contribution in [-0.4, -0.2) is 44.4 Å². The van der Waals surface area contributed by atoms with Crippen molar-refractivity contribution in [2.45, 2.75) is 45.3 Å². The molecule has 0 unspecified atom stereocenters. The number of aromatic nitrogens is 4. The van der Waals surface area contributed by atoms with Crippen molar-refractivity contribution in [2.75, 3.05) is 6.61 Å². The Morgan fingerprint density at radius 3 is 1.88 bits per heavy atom. The van der Waals surface area contributed by atoms with Crippen LogP contribution in [0.1, 0.15) is 22.9 Å². The van der Waals surface area contributed by atoms with Crippen molar-refractivity contribution < 1.29 is 18.9 Å². The molecule has 0 aliphatic carbocycles. The number of ether oxygens (including phenoxy) is 4. The number of aryl methyl sites for hydroxylation is 3. The van der Waals surface area contributed by atoms with E-state index in [4.69, 9.17) is 18.9 Å². The Balaban J connectivity index is 1.39. The summed E-state index contributed by atoms with van der Waals surface area (Å²) in [6.07, 6.45) is 1.17. The fourth-order valence-electron chi connectivity index (χ4n) is 4.70. The van der Waals surface area contributed by atoms with Gasteiger partial charge in [-0.2, -0.15) is 0 Å². The first-order valence-corrected chi connectivity index (χ1v) is 14.2. The summed E-state index contributed by atoms with van der Waals surface area (Å²) >= 11 is 2.17. The molecule has 0 radical (unpaired) electrons. The predicted octanol–water partition coefficient (Wildman–Crippen LogP) is 6.23. The first-order chi connectivity index (χ1) is 19.4. The third kappa shape index (κ3) is 5.62. The number of hydrogen-bond acceptors (Lipinski definition) is 7. The Bertz CT molecular complexity index is 1590. The number of imidazole rings is 1. The highest BCUT2D eigenvalue weighted by molar-refractivity contribution is 14.1. The molecule has 6 rings (SSSR count). The van der Waals surface area contributed by atoms with E-state index >= 15 is 0 Å². The maximum absolute atomic E-state index is 6.70. The zero-order valence-corrected chi connectivity index (χ0v) is 24.6. The van der Waals surface area contributed by atoms with E-state index in [0.29, 0.717) is 11.2 Å². The van der Waals surface area contributed by atoms with Crippen LogP contribution in [0.3, 0.4) is 0 Å². The highest BCUT2D eigenvalue weighted by Crippen LogP contribution is 2.37. The molecule has 8 nitrogen and oxygen atoms in total. The molecule has 0 amide bonds. The lowest BCUT2D eigenvalue weighted by molar-refractivity contribution is -0.0434. The molecule has 1 aliphatic heterocycles. The maximum atomic E-state index is 6.70. The third-order valence-electron chi connectivity index (χ3n) is 6.90. The van der Waals surface area contributed by atoms with E-state index < -0.39 is 24.5 Å². The largest absolute Gasteiger partial charge is 0.491 e. The van der Waals surface area contributed by atoms with E-state index in [1.165, 1.54) is 11.9 Å². The summed E-state index contributed by atoms with van der Waals surface area (Å²) in [4.78, 5) is 13.4. The fourth-order valence-corrected chi connectivity index (χ4v) is 5.21. The van der Waals surface area contributed by atoms with Gasteiger partial charge in [-0.1, -0.05) is 53.1 Å². The van der Waals surface area contributed by atoms with Gasteiger partial charge in [0.05, 0.1) is 6.33 Å². The first-order valence-electron chi connectivity index (χ1n) is 13.1. The second-order valence-electron chi connectivity index (χ2n) is 9.97. The van der Waals surface area contributed by atoms with Gasteiger partial charge in [-0.3, -0.25) is 4.57 Å². The molecule has 9 heteroatoms. The number of halogens is 1. The van der Waals surface area contributed by atoms with Crippen molar-refractivity contribution in [2.24, 2.45) is 0 Å². The van der Waals surface area contributed by atoms with Gasteiger partial charge in [0.15, 0.2) is 24.1 Å². The molecule has 1 fully saturated rings. The van der Waals surface area contributed by atoms with Gasteiger partial charge in [0.25, 0.3) is 0 Å². The summed E-state index contributed by atoms with van der Waals surface area (Å²) in [7, 11) is 0. The Kier molecular flexibility index (Phi) is 7.57. The third-order valence-corrected chi connectivity index (χ3v) is 7.68. The summed E-state index contributed by atoms with van der Waals surface area (Å²) in [5.74, 6) is 2.21. The van der Waals surface area contributed by atoms with Gasteiger partial charge in [-0.15, -0.1) is 0 Å². The minimum Gasteiger partial charge on any atom is -0.491 e. The van der Waals surface area contributed by atoms with Crippen molar-refractivity contribution in [3.63, 3.8) is 0 Å². The second-order valence-corrected chi connectivity index (χ2v) is 11.0. The lowest BCUT2D eigenvalue weighted by Crippen LogP contribution is -2.42. The minimum atomic E-state index is -0.584. The maximum Gasteiger partial charge on any atom is 0.183 e. The first kappa shape index (κ1) is 26.5. The van der Waals surface area contributed by atoms with Crippen molar-refractivity contribution in [3.05, 3.63) is 106 Å². The molecule has 3 heterocycles. The Morgan fingerprint density at radius 2 is 1.27 bits per heavy atom. The van der Waals surface area contributed by atoms with Gasteiger partial charge in [0, 0.05) is 0 Å². The molecule has 1 aliphatic rings. The average Bonchev–Trinajstić information content (AvgIpc) is 3.53. The molecule has 0 N–H and O–H groups in total. The quantitative estimate of drug-likeness (QED) is 0.146. The van der Waals surface area contributed by atoms with Crippen LogP contribution in [0.5, 0.6) is 17.2 Å². The summed E-state index contributed by atoms with van der Waals surface area (Å²) in [6, 6.07) is 23.9. The van der Waals surface area contributed by atoms with Gasteiger partial charge in [-0.05, 0) is 79.8 Å². The Labute approximate surface area is 246 Å².